The average Bonchev–Trinajstić information content (AvgIpc) is 3.26. The summed E-state index contributed by atoms with van der Waals surface area (Å²) in [6, 6.07) is 45.0. The van der Waals surface area contributed by atoms with Crippen molar-refractivity contribution in [3.63, 3.8) is 0 Å². The second kappa shape index (κ2) is 21.8. The number of esters is 1. The van der Waals surface area contributed by atoms with Gasteiger partial charge in [0.05, 0.1) is 25.1 Å². The van der Waals surface area contributed by atoms with Crippen LogP contribution in [0, 0.1) is 0 Å². The van der Waals surface area contributed by atoms with Gasteiger partial charge in [0.2, 0.25) is 23.6 Å². The smallest absolute Gasteiger partial charge is 0.328 e. The molecule has 59 heavy (non-hydrogen) atoms. The lowest BCUT2D eigenvalue weighted by molar-refractivity contribution is -0.145. The number of methoxy groups -OCH3 is 1. The fourth-order valence-electron chi connectivity index (χ4n) is 7.11. The van der Waals surface area contributed by atoms with Crippen LogP contribution in [-0.2, 0) is 47.0 Å². The first kappa shape index (κ1) is 43.5. The highest BCUT2D eigenvalue weighted by atomic mass is 32.1. The van der Waals surface area contributed by atoms with E-state index >= 15 is 0 Å². The minimum atomic E-state index is -1.41. The Morgan fingerprint density at radius 3 is 1.44 bits per heavy atom. The predicted octanol–water partition coefficient (Wildman–Crippen LogP) is 4.71. The molecule has 0 saturated carbocycles. The summed E-state index contributed by atoms with van der Waals surface area (Å²) in [5.74, 6) is -3.60. The number of nitrogens with one attached hydrogen (secondary N) is 4. The number of thiocarbonyl (C=S) groups is 1. The molecule has 0 heterocycles. The summed E-state index contributed by atoms with van der Waals surface area (Å²) in [5, 5.41) is 11.0. The van der Waals surface area contributed by atoms with Gasteiger partial charge in [0.15, 0.2) is 0 Å². The molecule has 11 nitrogen and oxygen atoms in total. The van der Waals surface area contributed by atoms with E-state index < -0.39 is 59.6 Å². The standard InChI is InChI=1S/C47H49N5O6S/c1-58-46(57)40(30-34-19-9-3-10-20-34)52-44(55)38(29-33-17-7-2-8-18-33)51-45(56)39(31-41(48)53)50-42(54)32-49-43(59)27-28-47(35-21-11-4-12-22-35,36-23-13-5-14-24-36)37-25-15-6-16-26-37/h2-26,38-40H,27-32H2,1H3,(H2,48,53)(H,49,59)(H,50,54)(H,51,56)(H,52,55)/t38-,39-,40-/m0/s1. The average molecular weight is 812 g/mol. The monoisotopic (exact) mass is 811 g/mol. The molecule has 0 saturated heterocycles. The summed E-state index contributed by atoms with van der Waals surface area (Å²) < 4.78 is 4.97. The number of rotatable bonds is 20. The Labute approximate surface area is 350 Å². The molecule has 0 spiro atoms. The molecule has 0 unspecified atom stereocenters. The number of nitrogens with two attached hydrogens (primary N) is 1. The minimum Gasteiger partial charge on any atom is -0.467 e. The van der Waals surface area contributed by atoms with Crippen LogP contribution < -0.4 is 27.0 Å². The molecule has 0 aliphatic heterocycles. The van der Waals surface area contributed by atoms with E-state index in [4.69, 9.17) is 22.7 Å². The number of carbonyl (C=O) groups excluding carboxylic acids is 5. The predicted molar refractivity (Wildman–Crippen MR) is 231 cm³/mol. The van der Waals surface area contributed by atoms with Crippen molar-refractivity contribution >= 4 is 46.8 Å². The summed E-state index contributed by atoms with van der Waals surface area (Å²) in [5.41, 5.74) is 9.74. The van der Waals surface area contributed by atoms with Crippen molar-refractivity contribution in [1.29, 1.82) is 0 Å². The molecule has 5 aromatic carbocycles. The number of amides is 4. The molecule has 5 rings (SSSR count). The molecule has 3 atom stereocenters. The van der Waals surface area contributed by atoms with E-state index in [-0.39, 0.29) is 19.4 Å². The summed E-state index contributed by atoms with van der Waals surface area (Å²) in [7, 11) is 1.22. The molecule has 0 bridgehead atoms. The third-order valence-electron chi connectivity index (χ3n) is 10.0. The van der Waals surface area contributed by atoms with Gasteiger partial charge in [-0.15, -0.1) is 0 Å². The molecule has 5 aromatic rings. The fourth-order valence-corrected chi connectivity index (χ4v) is 7.29. The van der Waals surface area contributed by atoms with Crippen molar-refractivity contribution in [2.75, 3.05) is 13.7 Å². The van der Waals surface area contributed by atoms with Crippen LogP contribution in [0.15, 0.2) is 152 Å². The fraction of sp³-hybridized carbons (Fsp3) is 0.234. The first-order valence-electron chi connectivity index (χ1n) is 19.4. The number of ether oxygens (including phenoxy) is 1. The Balaban J connectivity index is 1.27. The summed E-state index contributed by atoms with van der Waals surface area (Å²) in [4.78, 5) is 66.3. The van der Waals surface area contributed by atoms with E-state index in [0.29, 0.717) is 17.8 Å². The Morgan fingerprint density at radius 1 is 0.593 bits per heavy atom. The number of hydrogen-bond acceptors (Lipinski definition) is 7. The zero-order valence-electron chi connectivity index (χ0n) is 32.8. The summed E-state index contributed by atoms with van der Waals surface area (Å²) in [6.45, 7) is -0.287. The van der Waals surface area contributed by atoms with Crippen LogP contribution >= 0.6 is 12.2 Å². The quantitative estimate of drug-likeness (QED) is 0.0428. The van der Waals surface area contributed by atoms with Crippen molar-refractivity contribution < 1.29 is 28.7 Å². The first-order chi connectivity index (χ1) is 28.6. The van der Waals surface area contributed by atoms with Gasteiger partial charge in [-0.05, 0) is 40.7 Å². The third kappa shape index (κ3) is 12.4. The Bertz CT molecular complexity index is 2060. The number of hydrogen-bond donors (Lipinski definition) is 5. The molecular formula is C47H49N5O6S. The van der Waals surface area contributed by atoms with Crippen molar-refractivity contribution in [1.82, 2.24) is 21.3 Å². The van der Waals surface area contributed by atoms with Crippen LogP contribution in [0.1, 0.15) is 47.1 Å². The molecular weight excluding hydrogens is 763 g/mol. The first-order valence-corrected chi connectivity index (χ1v) is 19.8. The van der Waals surface area contributed by atoms with Crippen molar-refractivity contribution in [3.05, 3.63) is 179 Å². The highest BCUT2D eigenvalue weighted by molar-refractivity contribution is 7.80. The van der Waals surface area contributed by atoms with Crippen molar-refractivity contribution in [2.24, 2.45) is 5.73 Å². The largest absolute Gasteiger partial charge is 0.467 e. The topological polar surface area (TPSA) is 169 Å². The van der Waals surface area contributed by atoms with Crippen LogP contribution in [0.25, 0.3) is 0 Å². The maximum atomic E-state index is 13.8. The zero-order chi connectivity index (χ0) is 42.0. The molecule has 0 aliphatic carbocycles. The molecule has 0 radical (unpaired) electrons. The minimum absolute atomic E-state index is 0.0428. The maximum Gasteiger partial charge on any atom is 0.328 e. The van der Waals surface area contributed by atoms with Gasteiger partial charge >= 0.3 is 5.97 Å². The van der Waals surface area contributed by atoms with E-state index in [9.17, 15) is 24.0 Å². The van der Waals surface area contributed by atoms with Crippen LogP contribution in [-0.4, -0.2) is 66.4 Å². The highest BCUT2D eigenvalue weighted by Gasteiger charge is 2.36. The lowest BCUT2D eigenvalue weighted by Gasteiger charge is -2.36. The van der Waals surface area contributed by atoms with E-state index in [1.807, 2.05) is 91.0 Å². The van der Waals surface area contributed by atoms with Crippen LogP contribution in [0.4, 0.5) is 0 Å². The van der Waals surface area contributed by atoms with Gasteiger partial charge < -0.3 is 31.7 Å². The van der Waals surface area contributed by atoms with Gasteiger partial charge in [-0.1, -0.05) is 164 Å². The number of primary amides is 1. The highest BCUT2D eigenvalue weighted by Crippen LogP contribution is 2.43. The molecule has 304 valence electrons. The maximum absolute atomic E-state index is 13.8. The molecule has 0 aliphatic rings. The summed E-state index contributed by atoms with van der Waals surface area (Å²) in [6.07, 6.45) is 0.652. The van der Waals surface area contributed by atoms with E-state index in [2.05, 4.69) is 57.7 Å². The van der Waals surface area contributed by atoms with E-state index in [0.717, 1.165) is 27.8 Å². The molecule has 0 aromatic heterocycles. The van der Waals surface area contributed by atoms with Gasteiger partial charge in [0.25, 0.3) is 0 Å². The molecule has 6 N–H and O–H groups in total. The molecule has 12 heteroatoms. The number of carbonyl (C=O) groups is 5. The molecule has 0 fully saturated rings. The SMILES string of the molecule is COC(=O)[C@H](Cc1ccccc1)NC(=O)[C@H](Cc1ccccc1)NC(=O)[C@H](CC(N)=O)NC(=O)CNC(=S)CCC(c1ccccc1)(c1ccccc1)c1ccccc1. The zero-order valence-corrected chi connectivity index (χ0v) is 33.7. The van der Waals surface area contributed by atoms with Crippen LogP contribution in [0.5, 0.6) is 0 Å². The third-order valence-corrected chi connectivity index (χ3v) is 10.4. The molecule has 4 amide bonds. The Kier molecular flexibility index (Phi) is 16.0. The Hall–Kier alpha value is -6.66. The summed E-state index contributed by atoms with van der Waals surface area (Å²) >= 11 is 5.75. The van der Waals surface area contributed by atoms with E-state index in [1.54, 1.807) is 24.3 Å². The normalized spacial score (nSPS) is 12.5. The van der Waals surface area contributed by atoms with Gasteiger partial charge in [0.1, 0.15) is 18.1 Å². The van der Waals surface area contributed by atoms with Gasteiger partial charge in [-0.2, -0.15) is 0 Å². The second-order valence-corrected chi connectivity index (χ2v) is 14.6. The van der Waals surface area contributed by atoms with Gasteiger partial charge in [-0.25, -0.2) is 4.79 Å². The second-order valence-electron chi connectivity index (χ2n) is 14.1. The van der Waals surface area contributed by atoms with Crippen molar-refractivity contribution in [3.8, 4) is 0 Å². The van der Waals surface area contributed by atoms with E-state index in [1.165, 1.54) is 7.11 Å². The lowest BCUT2D eigenvalue weighted by Crippen LogP contribution is -2.57. The lowest BCUT2D eigenvalue weighted by atomic mass is 9.67. The van der Waals surface area contributed by atoms with Crippen LogP contribution in [0.3, 0.4) is 0 Å². The number of benzene rings is 5. The van der Waals surface area contributed by atoms with Gasteiger partial charge in [-0.3, -0.25) is 19.2 Å². The van der Waals surface area contributed by atoms with Crippen LogP contribution in [0.2, 0.25) is 0 Å². The van der Waals surface area contributed by atoms with Gasteiger partial charge in [0, 0.05) is 18.3 Å². The Morgan fingerprint density at radius 2 is 1.00 bits per heavy atom. The van der Waals surface area contributed by atoms with Crippen molar-refractivity contribution in [2.45, 2.75) is 55.6 Å².